The lowest BCUT2D eigenvalue weighted by Crippen LogP contribution is -2.12. The van der Waals surface area contributed by atoms with Crippen LogP contribution in [-0.2, 0) is 12.7 Å². The van der Waals surface area contributed by atoms with Crippen LogP contribution in [0.4, 0.5) is 13.2 Å². The Labute approximate surface area is 88.7 Å². The molecular weight excluding hydrogens is 225 g/mol. The van der Waals surface area contributed by atoms with E-state index in [9.17, 15) is 18.0 Å². The standard InChI is InChI=1S/C9H9F3N2O2/c10-9(11,12)7-6(8(15)16)4-14(13-7)3-5-1-2-5/h4-5H,1-3H2,(H,15,16). The highest BCUT2D eigenvalue weighted by Gasteiger charge is 2.39. The van der Waals surface area contributed by atoms with Gasteiger partial charge in [-0.1, -0.05) is 0 Å². The van der Waals surface area contributed by atoms with E-state index in [-0.39, 0.29) is 0 Å². The van der Waals surface area contributed by atoms with Gasteiger partial charge in [-0.05, 0) is 18.8 Å². The molecule has 0 amide bonds. The van der Waals surface area contributed by atoms with Gasteiger partial charge in [0.2, 0.25) is 0 Å². The largest absolute Gasteiger partial charge is 0.478 e. The monoisotopic (exact) mass is 234 g/mol. The van der Waals surface area contributed by atoms with E-state index in [4.69, 9.17) is 5.11 Å². The summed E-state index contributed by atoms with van der Waals surface area (Å²) in [4.78, 5) is 10.6. The van der Waals surface area contributed by atoms with Crippen molar-refractivity contribution in [2.24, 2.45) is 5.92 Å². The molecule has 1 heterocycles. The van der Waals surface area contributed by atoms with Gasteiger partial charge in [0.1, 0.15) is 5.56 Å². The molecule has 1 fully saturated rings. The van der Waals surface area contributed by atoms with Crippen molar-refractivity contribution in [2.45, 2.75) is 25.6 Å². The van der Waals surface area contributed by atoms with Crippen LogP contribution in [0.25, 0.3) is 0 Å². The van der Waals surface area contributed by atoms with Crippen molar-refractivity contribution in [1.82, 2.24) is 9.78 Å². The molecule has 16 heavy (non-hydrogen) atoms. The van der Waals surface area contributed by atoms with Gasteiger partial charge >= 0.3 is 12.1 Å². The fourth-order valence-corrected chi connectivity index (χ4v) is 1.45. The summed E-state index contributed by atoms with van der Waals surface area (Å²) in [5.41, 5.74) is -2.10. The molecule has 1 aliphatic carbocycles. The number of hydrogen-bond acceptors (Lipinski definition) is 2. The van der Waals surface area contributed by atoms with Crippen molar-refractivity contribution in [3.63, 3.8) is 0 Å². The maximum atomic E-state index is 12.4. The molecule has 7 heteroatoms. The van der Waals surface area contributed by atoms with Crippen molar-refractivity contribution in [3.8, 4) is 0 Å². The van der Waals surface area contributed by atoms with E-state index in [0.717, 1.165) is 23.7 Å². The Kier molecular flexibility index (Phi) is 2.40. The van der Waals surface area contributed by atoms with Gasteiger partial charge in [0.15, 0.2) is 5.69 Å². The lowest BCUT2D eigenvalue weighted by atomic mass is 10.2. The average Bonchev–Trinajstić information content (AvgIpc) is 2.79. The minimum absolute atomic E-state index is 0.336. The van der Waals surface area contributed by atoms with Crippen LogP contribution >= 0.6 is 0 Å². The van der Waals surface area contributed by atoms with E-state index < -0.39 is 23.4 Å². The second-order valence-corrected chi connectivity index (χ2v) is 3.86. The van der Waals surface area contributed by atoms with Gasteiger partial charge in [-0.15, -0.1) is 0 Å². The predicted molar refractivity (Wildman–Crippen MR) is 46.9 cm³/mol. The maximum Gasteiger partial charge on any atom is 0.436 e. The van der Waals surface area contributed by atoms with Crippen LogP contribution in [-0.4, -0.2) is 20.9 Å². The molecule has 0 atom stereocenters. The van der Waals surface area contributed by atoms with Crippen LogP contribution in [0.3, 0.4) is 0 Å². The van der Waals surface area contributed by atoms with Gasteiger partial charge in [-0.25, -0.2) is 4.79 Å². The Balaban J connectivity index is 2.32. The molecule has 1 aromatic rings. The molecule has 1 N–H and O–H groups in total. The summed E-state index contributed by atoms with van der Waals surface area (Å²) < 4.78 is 38.4. The van der Waals surface area contributed by atoms with Gasteiger partial charge < -0.3 is 5.11 Å². The molecule has 1 aliphatic rings. The van der Waals surface area contributed by atoms with E-state index in [1.807, 2.05) is 0 Å². The van der Waals surface area contributed by atoms with Gasteiger partial charge in [-0.2, -0.15) is 18.3 Å². The molecule has 0 radical (unpaired) electrons. The molecule has 0 unspecified atom stereocenters. The van der Waals surface area contributed by atoms with E-state index in [1.54, 1.807) is 0 Å². The second-order valence-electron chi connectivity index (χ2n) is 3.86. The van der Waals surface area contributed by atoms with Crippen LogP contribution in [0.5, 0.6) is 0 Å². The number of aromatic carboxylic acids is 1. The lowest BCUT2D eigenvalue weighted by molar-refractivity contribution is -0.142. The van der Waals surface area contributed by atoms with Crippen LogP contribution in [0, 0.1) is 5.92 Å². The van der Waals surface area contributed by atoms with Crippen molar-refractivity contribution in [2.75, 3.05) is 0 Å². The van der Waals surface area contributed by atoms with E-state index in [1.165, 1.54) is 0 Å². The quantitative estimate of drug-likeness (QED) is 0.870. The number of halogens is 3. The van der Waals surface area contributed by atoms with Gasteiger partial charge in [0.05, 0.1) is 0 Å². The molecule has 88 valence electrons. The summed E-state index contributed by atoms with van der Waals surface area (Å²) in [6, 6.07) is 0. The highest BCUT2D eigenvalue weighted by atomic mass is 19.4. The highest BCUT2D eigenvalue weighted by Crippen LogP contribution is 2.33. The molecule has 0 bridgehead atoms. The number of hydrogen-bond donors (Lipinski definition) is 1. The lowest BCUT2D eigenvalue weighted by Gasteiger charge is -2.02. The zero-order valence-electron chi connectivity index (χ0n) is 8.16. The number of carbonyl (C=O) groups is 1. The third-order valence-corrected chi connectivity index (χ3v) is 2.40. The first-order chi connectivity index (χ1) is 7.38. The molecule has 4 nitrogen and oxygen atoms in total. The van der Waals surface area contributed by atoms with Crippen LogP contribution in [0.15, 0.2) is 6.20 Å². The molecule has 1 aromatic heterocycles. The van der Waals surface area contributed by atoms with Crippen LogP contribution < -0.4 is 0 Å². The van der Waals surface area contributed by atoms with E-state index >= 15 is 0 Å². The van der Waals surface area contributed by atoms with Gasteiger partial charge in [0.25, 0.3) is 0 Å². The SMILES string of the molecule is O=C(O)c1cn(CC2CC2)nc1C(F)(F)F. The first-order valence-electron chi connectivity index (χ1n) is 4.76. The van der Waals surface area contributed by atoms with Crippen molar-refractivity contribution < 1.29 is 23.1 Å². The summed E-state index contributed by atoms with van der Waals surface area (Å²) in [7, 11) is 0. The van der Waals surface area contributed by atoms with E-state index in [0.29, 0.717) is 12.5 Å². The summed E-state index contributed by atoms with van der Waals surface area (Å²) >= 11 is 0. The summed E-state index contributed by atoms with van der Waals surface area (Å²) in [5.74, 6) is -1.27. The fourth-order valence-electron chi connectivity index (χ4n) is 1.45. The van der Waals surface area contributed by atoms with Crippen molar-refractivity contribution >= 4 is 5.97 Å². The van der Waals surface area contributed by atoms with E-state index in [2.05, 4.69) is 5.10 Å². The Hall–Kier alpha value is -1.53. The molecule has 1 saturated carbocycles. The summed E-state index contributed by atoms with van der Waals surface area (Å²) in [6.45, 7) is 0.357. The normalized spacial score (nSPS) is 16.4. The first-order valence-corrected chi connectivity index (χ1v) is 4.76. The minimum Gasteiger partial charge on any atom is -0.478 e. The summed E-state index contributed by atoms with van der Waals surface area (Å²) in [5, 5.41) is 11.9. The zero-order valence-corrected chi connectivity index (χ0v) is 8.16. The smallest absolute Gasteiger partial charge is 0.436 e. The minimum atomic E-state index is -4.72. The first kappa shape index (κ1) is 11.0. The molecular formula is C9H9F3N2O2. The predicted octanol–water partition coefficient (Wildman–Crippen LogP) is 2.01. The van der Waals surface area contributed by atoms with Crippen molar-refractivity contribution in [3.05, 3.63) is 17.5 Å². The molecule has 2 rings (SSSR count). The Morgan fingerprint density at radius 3 is 2.56 bits per heavy atom. The van der Waals surface area contributed by atoms with Crippen LogP contribution in [0.2, 0.25) is 0 Å². The number of aromatic nitrogens is 2. The highest BCUT2D eigenvalue weighted by molar-refractivity contribution is 5.88. The Morgan fingerprint density at radius 2 is 2.19 bits per heavy atom. The zero-order chi connectivity index (χ0) is 11.9. The Morgan fingerprint density at radius 1 is 1.56 bits per heavy atom. The number of alkyl halides is 3. The Bertz CT molecular complexity index is 421. The summed E-state index contributed by atoms with van der Waals surface area (Å²) in [6.07, 6.45) is -1.85. The fraction of sp³-hybridized carbons (Fsp3) is 0.556. The molecule has 0 spiro atoms. The third kappa shape index (κ3) is 2.17. The third-order valence-electron chi connectivity index (χ3n) is 2.40. The number of nitrogens with zero attached hydrogens (tertiary/aromatic N) is 2. The number of rotatable bonds is 3. The van der Waals surface area contributed by atoms with Crippen molar-refractivity contribution in [1.29, 1.82) is 0 Å². The van der Waals surface area contributed by atoms with Crippen LogP contribution in [0.1, 0.15) is 28.9 Å². The topological polar surface area (TPSA) is 55.1 Å². The second kappa shape index (κ2) is 3.50. The van der Waals surface area contributed by atoms with Gasteiger partial charge in [0, 0.05) is 12.7 Å². The van der Waals surface area contributed by atoms with Gasteiger partial charge in [-0.3, -0.25) is 4.68 Å². The molecule has 0 aromatic carbocycles. The molecule has 0 saturated heterocycles. The maximum absolute atomic E-state index is 12.4. The number of carboxylic acids is 1. The average molecular weight is 234 g/mol. The number of carboxylic acid groups (broad SMARTS) is 1. The molecule has 0 aliphatic heterocycles.